The minimum absolute atomic E-state index is 0.0632. The van der Waals surface area contributed by atoms with Crippen molar-refractivity contribution in [1.29, 1.82) is 0 Å². The highest BCUT2D eigenvalue weighted by atomic mass is 15.2. The van der Waals surface area contributed by atoms with Crippen molar-refractivity contribution in [1.82, 2.24) is 0 Å². The first-order valence-corrected chi connectivity index (χ1v) is 13.4. The van der Waals surface area contributed by atoms with Gasteiger partial charge in [0, 0.05) is 22.3 Å². The number of anilines is 2. The van der Waals surface area contributed by atoms with Crippen LogP contribution in [0.4, 0.5) is 11.4 Å². The third-order valence-electron chi connectivity index (χ3n) is 7.86. The van der Waals surface area contributed by atoms with Gasteiger partial charge in [0.15, 0.2) is 0 Å². The van der Waals surface area contributed by atoms with E-state index in [0.717, 1.165) is 12.8 Å². The molecule has 0 radical (unpaired) electrons. The fourth-order valence-corrected chi connectivity index (χ4v) is 6.14. The Morgan fingerprint density at radius 3 is 2.00 bits per heavy atom. The van der Waals surface area contributed by atoms with Gasteiger partial charge in [-0.15, -0.1) is 0 Å². The highest BCUT2D eigenvalue weighted by molar-refractivity contribution is 5.90. The molecule has 0 bridgehead atoms. The summed E-state index contributed by atoms with van der Waals surface area (Å²) in [4.78, 5) is 2.64. The highest BCUT2D eigenvalue weighted by Gasteiger charge is 2.41. The summed E-state index contributed by atoms with van der Waals surface area (Å²) >= 11 is 0. The SMILES string of the molecule is CCc1cc(-c2ccccc2)ccc1N(c1c(CC)ccc2c1C(C)(C)c1ccccc1-2)C(C)(C)C. The highest BCUT2D eigenvalue weighted by Crippen LogP contribution is 2.55. The van der Waals surface area contributed by atoms with Gasteiger partial charge in [-0.3, -0.25) is 0 Å². The standard InChI is InChI=1S/C35H39N/c1-8-24-19-21-29-28-17-13-14-18-30(28)35(6,7)32(29)33(24)36(34(3,4)5)31-22-20-27(23-25(31)9-2)26-15-11-10-12-16-26/h10-23H,8-9H2,1-7H3. The molecule has 0 N–H and O–H groups in total. The third kappa shape index (κ3) is 3.86. The van der Waals surface area contributed by atoms with Crippen LogP contribution in [0.1, 0.15) is 70.7 Å². The molecule has 0 amide bonds. The van der Waals surface area contributed by atoms with Crippen LogP contribution < -0.4 is 4.90 Å². The van der Waals surface area contributed by atoms with Gasteiger partial charge in [-0.1, -0.05) is 100 Å². The van der Waals surface area contributed by atoms with E-state index in [1.54, 1.807) is 0 Å². The Labute approximate surface area is 217 Å². The largest absolute Gasteiger partial charge is 0.335 e. The second kappa shape index (κ2) is 8.96. The van der Waals surface area contributed by atoms with E-state index in [9.17, 15) is 0 Å². The number of hydrogen-bond donors (Lipinski definition) is 0. The third-order valence-corrected chi connectivity index (χ3v) is 7.86. The lowest BCUT2D eigenvalue weighted by molar-refractivity contribution is 0.550. The van der Waals surface area contributed by atoms with Gasteiger partial charge in [0.1, 0.15) is 0 Å². The van der Waals surface area contributed by atoms with Crippen LogP contribution in [0.3, 0.4) is 0 Å². The smallest absolute Gasteiger partial charge is 0.0496 e. The summed E-state index contributed by atoms with van der Waals surface area (Å²) in [6.07, 6.45) is 1.99. The molecule has 5 rings (SSSR count). The van der Waals surface area contributed by atoms with Gasteiger partial charge in [0.05, 0.1) is 0 Å². The van der Waals surface area contributed by atoms with Gasteiger partial charge in [-0.25, -0.2) is 0 Å². The predicted octanol–water partition coefficient (Wildman–Crippen LogP) is 9.72. The molecule has 1 heteroatoms. The molecule has 4 aromatic carbocycles. The summed E-state index contributed by atoms with van der Waals surface area (Å²) in [6.45, 7) is 16.4. The minimum Gasteiger partial charge on any atom is -0.335 e. The Hall–Kier alpha value is -3.32. The topological polar surface area (TPSA) is 3.24 Å². The molecule has 1 nitrogen and oxygen atoms in total. The average Bonchev–Trinajstić information content (AvgIpc) is 3.11. The first kappa shape index (κ1) is 24.4. The first-order valence-electron chi connectivity index (χ1n) is 13.4. The summed E-state index contributed by atoms with van der Waals surface area (Å²) in [5, 5.41) is 0. The van der Waals surface area contributed by atoms with Crippen LogP contribution >= 0.6 is 0 Å². The molecule has 184 valence electrons. The Morgan fingerprint density at radius 2 is 1.33 bits per heavy atom. The Kier molecular flexibility index (Phi) is 6.07. The lowest BCUT2D eigenvalue weighted by Crippen LogP contribution is -2.40. The van der Waals surface area contributed by atoms with Crippen molar-refractivity contribution in [2.24, 2.45) is 0 Å². The summed E-state index contributed by atoms with van der Waals surface area (Å²) in [5.41, 5.74) is 13.6. The quantitative estimate of drug-likeness (QED) is 0.279. The van der Waals surface area contributed by atoms with Crippen LogP contribution in [0.15, 0.2) is 84.9 Å². The molecule has 0 saturated heterocycles. The molecule has 0 aromatic heterocycles. The molecule has 4 aromatic rings. The Balaban J connectivity index is 1.78. The lowest BCUT2D eigenvalue weighted by atomic mass is 9.79. The van der Waals surface area contributed by atoms with Crippen molar-refractivity contribution in [3.05, 3.63) is 107 Å². The molecule has 1 aliphatic carbocycles. The van der Waals surface area contributed by atoms with Crippen LogP contribution in [-0.2, 0) is 18.3 Å². The molecule has 0 heterocycles. The first-order chi connectivity index (χ1) is 17.2. The van der Waals surface area contributed by atoms with Crippen molar-refractivity contribution in [2.45, 2.75) is 72.3 Å². The fourth-order valence-electron chi connectivity index (χ4n) is 6.14. The van der Waals surface area contributed by atoms with E-state index >= 15 is 0 Å². The zero-order valence-corrected chi connectivity index (χ0v) is 22.9. The summed E-state index contributed by atoms with van der Waals surface area (Å²) in [6, 6.07) is 31.5. The van der Waals surface area contributed by atoms with E-state index in [4.69, 9.17) is 0 Å². The predicted molar refractivity (Wildman–Crippen MR) is 157 cm³/mol. The van der Waals surface area contributed by atoms with E-state index in [1.165, 1.54) is 55.9 Å². The summed E-state index contributed by atoms with van der Waals surface area (Å²) in [7, 11) is 0. The summed E-state index contributed by atoms with van der Waals surface area (Å²) < 4.78 is 0. The van der Waals surface area contributed by atoms with E-state index in [2.05, 4.69) is 138 Å². The van der Waals surface area contributed by atoms with Crippen LogP contribution in [-0.4, -0.2) is 5.54 Å². The van der Waals surface area contributed by atoms with Gasteiger partial charge in [-0.05, 0) is 90.3 Å². The van der Waals surface area contributed by atoms with Crippen LogP contribution in [0, 0.1) is 0 Å². The number of fused-ring (bicyclic) bond motifs is 3. The normalized spacial score (nSPS) is 13.9. The van der Waals surface area contributed by atoms with Crippen molar-refractivity contribution < 1.29 is 0 Å². The van der Waals surface area contributed by atoms with E-state index < -0.39 is 0 Å². The number of aryl methyl sites for hydroxylation is 2. The Morgan fingerprint density at radius 1 is 0.667 bits per heavy atom. The maximum atomic E-state index is 2.64. The molecule has 0 aliphatic heterocycles. The number of rotatable bonds is 5. The lowest BCUT2D eigenvalue weighted by Gasteiger charge is -2.43. The molecule has 0 saturated carbocycles. The maximum Gasteiger partial charge on any atom is 0.0496 e. The van der Waals surface area contributed by atoms with Gasteiger partial charge in [0.2, 0.25) is 0 Å². The van der Waals surface area contributed by atoms with Crippen LogP contribution in [0.25, 0.3) is 22.3 Å². The van der Waals surface area contributed by atoms with Gasteiger partial charge in [-0.2, -0.15) is 0 Å². The number of nitrogens with zero attached hydrogens (tertiary/aromatic N) is 1. The molecule has 0 fully saturated rings. The van der Waals surface area contributed by atoms with E-state index in [0.29, 0.717) is 0 Å². The van der Waals surface area contributed by atoms with Crippen LogP contribution in [0.2, 0.25) is 0 Å². The van der Waals surface area contributed by atoms with Crippen molar-refractivity contribution in [2.75, 3.05) is 4.90 Å². The number of hydrogen-bond acceptors (Lipinski definition) is 1. The van der Waals surface area contributed by atoms with Crippen molar-refractivity contribution in [3.63, 3.8) is 0 Å². The van der Waals surface area contributed by atoms with E-state index in [1.807, 2.05) is 0 Å². The van der Waals surface area contributed by atoms with Gasteiger partial charge < -0.3 is 4.90 Å². The molecular formula is C35H39N. The fraction of sp³-hybridized carbons (Fsp3) is 0.314. The molecular weight excluding hydrogens is 434 g/mol. The maximum absolute atomic E-state index is 2.64. The monoisotopic (exact) mass is 473 g/mol. The van der Waals surface area contributed by atoms with Gasteiger partial charge in [0.25, 0.3) is 0 Å². The summed E-state index contributed by atoms with van der Waals surface area (Å²) in [5.74, 6) is 0. The molecule has 1 aliphatic rings. The number of benzene rings is 4. The molecule has 36 heavy (non-hydrogen) atoms. The Bertz CT molecular complexity index is 1400. The molecule has 0 unspecified atom stereocenters. The molecule has 0 spiro atoms. The van der Waals surface area contributed by atoms with Crippen molar-refractivity contribution in [3.8, 4) is 22.3 Å². The molecule has 0 atom stereocenters. The van der Waals surface area contributed by atoms with E-state index in [-0.39, 0.29) is 11.0 Å². The van der Waals surface area contributed by atoms with Crippen molar-refractivity contribution >= 4 is 11.4 Å². The van der Waals surface area contributed by atoms with Crippen LogP contribution in [0.5, 0.6) is 0 Å². The average molecular weight is 474 g/mol. The zero-order chi connectivity index (χ0) is 25.7. The zero-order valence-electron chi connectivity index (χ0n) is 22.9. The van der Waals surface area contributed by atoms with Gasteiger partial charge >= 0.3 is 0 Å². The second-order valence-electron chi connectivity index (χ2n) is 11.6. The second-order valence-corrected chi connectivity index (χ2v) is 11.6. The minimum atomic E-state index is -0.0952.